The van der Waals surface area contributed by atoms with Crippen molar-refractivity contribution in [3.8, 4) is 0 Å². The fraction of sp³-hybridized carbons (Fsp3) is 1.00. The summed E-state index contributed by atoms with van der Waals surface area (Å²) in [7, 11) is 0. The number of aliphatic hydroxyl groups is 2. The van der Waals surface area contributed by atoms with Crippen LogP contribution >= 0.6 is 0 Å². The monoisotopic (exact) mass is 489 g/mol. The maximum atomic E-state index is 9.61. The Hall–Kier alpha value is -0.240. The average Bonchev–Trinajstić information content (AvgIpc) is 2.83. The molecule has 6 nitrogen and oxygen atoms in total. The number of aliphatic hydroxyl groups excluding tert-OH is 2. The topological polar surface area (TPSA) is 71.4 Å². The molecular weight excluding hydrogens is 430 g/mol. The van der Waals surface area contributed by atoms with Crippen molar-refractivity contribution in [2.75, 3.05) is 46.1 Å². The van der Waals surface area contributed by atoms with Crippen molar-refractivity contribution in [2.45, 2.75) is 136 Å². The molecule has 0 aromatic carbocycles. The molecule has 1 unspecified atom stereocenters. The number of hydrogen-bond acceptors (Lipinski definition) is 6. The molecule has 0 aromatic heterocycles. The van der Waals surface area contributed by atoms with Gasteiger partial charge in [-0.1, -0.05) is 96.8 Å². The van der Waals surface area contributed by atoms with E-state index in [0.717, 1.165) is 12.8 Å². The highest BCUT2D eigenvalue weighted by Gasteiger charge is 2.46. The molecule has 6 heteroatoms. The van der Waals surface area contributed by atoms with Gasteiger partial charge in [-0.05, 0) is 27.2 Å². The van der Waals surface area contributed by atoms with Crippen LogP contribution < -0.4 is 0 Å². The van der Waals surface area contributed by atoms with E-state index in [1.165, 1.54) is 83.5 Å². The fourth-order valence-corrected chi connectivity index (χ4v) is 4.79. The second kappa shape index (κ2) is 24.5. The van der Waals surface area contributed by atoms with Crippen molar-refractivity contribution < 1.29 is 24.4 Å². The van der Waals surface area contributed by atoms with Gasteiger partial charge in [-0.2, -0.15) is 0 Å². The van der Waals surface area contributed by atoms with Crippen molar-refractivity contribution in [1.82, 2.24) is 4.90 Å². The molecule has 0 aliphatic rings. The summed E-state index contributed by atoms with van der Waals surface area (Å²) in [5.41, 5.74) is 0. The largest absolute Gasteiger partial charge is 0.395 e. The Morgan fingerprint density at radius 1 is 0.588 bits per heavy atom. The van der Waals surface area contributed by atoms with Crippen molar-refractivity contribution >= 4 is 0 Å². The minimum atomic E-state index is -1.08. The summed E-state index contributed by atoms with van der Waals surface area (Å²) in [6.45, 7) is 10.3. The third kappa shape index (κ3) is 15.0. The molecule has 0 saturated carbocycles. The highest BCUT2D eigenvalue weighted by molar-refractivity contribution is 4.83. The fourth-order valence-electron chi connectivity index (χ4n) is 4.79. The number of rotatable bonds is 27. The van der Waals surface area contributed by atoms with E-state index in [2.05, 4.69) is 6.92 Å². The van der Waals surface area contributed by atoms with Crippen LogP contribution in [0.5, 0.6) is 0 Å². The van der Waals surface area contributed by atoms with Crippen LogP contribution in [-0.2, 0) is 14.2 Å². The van der Waals surface area contributed by atoms with Gasteiger partial charge in [-0.3, -0.25) is 0 Å². The molecule has 34 heavy (non-hydrogen) atoms. The molecule has 0 fully saturated rings. The molecule has 0 aliphatic heterocycles. The van der Waals surface area contributed by atoms with E-state index in [0.29, 0.717) is 32.9 Å². The summed E-state index contributed by atoms with van der Waals surface area (Å²) in [5.74, 6) is -1.08. The zero-order valence-electron chi connectivity index (χ0n) is 23.2. The first-order chi connectivity index (χ1) is 16.7. The van der Waals surface area contributed by atoms with Gasteiger partial charge in [0.15, 0.2) is 0 Å². The van der Waals surface area contributed by atoms with Crippen molar-refractivity contribution in [1.29, 1.82) is 0 Å². The molecular formula is C28H59NO5. The Morgan fingerprint density at radius 3 is 1.35 bits per heavy atom. The molecule has 0 amide bonds. The van der Waals surface area contributed by atoms with Crippen LogP contribution in [0.15, 0.2) is 0 Å². The highest BCUT2D eigenvalue weighted by atomic mass is 16.7. The lowest BCUT2D eigenvalue weighted by Crippen LogP contribution is -2.62. The smallest absolute Gasteiger partial charge is 0.257 e. The predicted octanol–water partition coefficient (Wildman–Crippen LogP) is 6.28. The van der Waals surface area contributed by atoms with Gasteiger partial charge >= 0.3 is 0 Å². The highest BCUT2D eigenvalue weighted by Crippen LogP contribution is 2.30. The number of hydrogen-bond donors (Lipinski definition) is 2. The van der Waals surface area contributed by atoms with Gasteiger partial charge in [0.25, 0.3) is 5.91 Å². The van der Waals surface area contributed by atoms with E-state index < -0.39 is 5.91 Å². The van der Waals surface area contributed by atoms with Crippen molar-refractivity contribution in [2.24, 2.45) is 0 Å². The van der Waals surface area contributed by atoms with Crippen LogP contribution in [0, 0.1) is 0 Å². The van der Waals surface area contributed by atoms with E-state index in [4.69, 9.17) is 14.2 Å². The maximum Gasteiger partial charge on any atom is 0.257 e. The normalized spacial score (nSPS) is 13.1. The maximum absolute atomic E-state index is 9.61. The van der Waals surface area contributed by atoms with Gasteiger partial charge in [0.05, 0.1) is 13.2 Å². The molecule has 0 spiro atoms. The van der Waals surface area contributed by atoms with Crippen LogP contribution in [0.1, 0.15) is 124 Å². The van der Waals surface area contributed by atoms with Gasteiger partial charge in [0.1, 0.15) is 6.10 Å². The summed E-state index contributed by atoms with van der Waals surface area (Å²) >= 11 is 0. The zero-order chi connectivity index (χ0) is 25.3. The lowest BCUT2D eigenvalue weighted by molar-refractivity contribution is -0.362. The quantitative estimate of drug-likeness (QED) is 0.105. The molecule has 0 heterocycles. The molecule has 1 atom stereocenters. The van der Waals surface area contributed by atoms with Gasteiger partial charge in [-0.25, -0.2) is 4.90 Å². The molecule has 0 saturated heterocycles. The van der Waals surface area contributed by atoms with Crippen LogP contribution in [0.4, 0.5) is 0 Å². The van der Waals surface area contributed by atoms with Crippen LogP contribution in [0.3, 0.4) is 0 Å². The molecule has 0 bridgehead atoms. The summed E-state index contributed by atoms with van der Waals surface area (Å²) < 4.78 is 18.5. The second-order valence-corrected chi connectivity index (χ2v) is 9.26. The number of ether oxygens (including phenoxy) is 3. The molecule has 0 aliphatic carbocycles. The minimum Gasteiger partial charge on any atom is -0.395 e. The van der Waals surface area contributed by atoms with Gasteiger partial charge in [0, 0.05) is 32.9 Å². The summed E-state index contributed by atoms with van der Waals surface area (Å²) in [6, 6.07) is 0. The predicted molar refractivity (Wildman–Crippen MR) is 142 cm³/mol. The summed E-state index contributed by atoms with van der Waals surface area (Å²) in [5, 5.41) is 19.2. The van der Waals surface area contributed by atoms with E-state index in [-0.39, 0.29) is 19.3 Å². The van der Waals surface area contributed by atoms with E-state index in [1.807, 2.05) is 25.7 Å². The van der Waals surface area contributed by atoms with Gasteiger partial charge in [0.2, 0.25) is 0 Å². The standard InChI is InChI=1S/C28H59NO5/c1-5-9-10-11-12-13-14-15-16-17-18-19-20-21-22-27(32-6-2)28(33-7-3,34-8-4)29(23-25-30)24-26-31/h27,30-31H,5-26H2,1-4H3. The second-order valence-electron chi connectivity index (χ2n) is 9.26. The lowest BCUT2D eigenvalue weighted by atomic mass is 10.0. The average molecular weight is 490 g/mol. The zero-order valence-corrected chi connectivity index (χ0v) is 23.2. The number of nitrogens with zero attached hydrogens (tertiary/aromatic N) is 1. The Bertz CT molecular complexity index is 398. The third-order valence-electron chi connectivity index (χ3n) is 6.48. The third-order valence-corrected chi connectivity index (χ3v) is 6.48. The Balaban J connectivity index is 4.43. The minimum absolute atomic E-state index is 0.0282. The molecule has 206 valence electrons. The van der Waals surface area contributed by atoms with Crippen LogP contribution in [-0.4, -0.2) is 73.3 Å². The SMILES string of the molecule is CCCCCCCCCCCCCCCCC(OCC)C(OCC)(OCC)N(CCO)CCO. The van der Waals surface area contributed by atoms with Crippen molar-refractivity contribution in [3.05, 3.63) is 0 Å². The lowest BCUT2D eigenvalue weighted by Gasteiger charge is -2.46. The summed E-state index contributed by atoms with van der Waals surface area (Å²) in [4.78, 5) is 1.89. The van der Waals surface area contributed by atoms with Crippen molar-refractivity contribution in [3.63, 3.8) is 0 Å². The van der Waals surface area contributed by atoms with Crippen LogP contribution in [0.2, 0.25) is 0 Å². The first-order valence-corrected chi connectivity index (χ1v) is 14.5. The van der Waals surface area contributed by atoms with Crippen LogP contribution in [0.25, 0.3) is 0 Å². The van der Waals surface area contributed by atoms with E-state index in [9.17, 15) is 10.2 Å². The van der Waals surface area contributed by atoms with E-state index >= 15 is 0 Å². The molecule has 0 radical (unpaired) electrons. The Kier molecular flexibility index (Phi) is 24.3. The van der Waals surface area contributed by atoms with Gasteiger partial charge < -0.3 is 24.4 Å². The van der Waals surface area contributed by atoms with Gasteiger partial charge in [-0.15, -0.1) is 0 Å². The molecule has 2 N–H and O–H groups in total. The first kappa shape index (κ1) is 33.8. The van der Waals surface area contributed by atoms with E-state index in [1.54, 1.807) is 0 Å². The Morgan fingerprint density at radius 2 is 1.00 bits per heavy atom. The molecule has 0 rings (SSSR count). The molecule has 0 aromatic rings. The first-order valence-electron chi connectivity index (χ1n) is 14.5. The Labute approximate surface area is 211 Å². The summed E-state index contributed by atoms with van der Waals surface area (Å²) in [6.07, 6.45) is 19.2. The number of unbranched alkanes of at least 4 members (excludes halogenated alkanes) is 13.